The van der Waals surface area contributed by atoms with Crippen LogP contribution in [0.5, 0.6) is 11.5 Å². The molecule has 12 aromatic rings. The predicted molar refractivity (Wildman–Crippen MR) is 339 cm³/mol. The van der Waals surface area contributed by atoms with Gasteiger partial charge < -0.3 is 19.1 Å². The van der Waals surface area contributed by atoms with Gasteiger partial charge in [-0.05, 0) is 110 Å². The van der Waals surface area contributed by atoms with Crippen molar-refractivity contribution in [2.75, 3.05) is 9.80 Å². The molecule has 8 heteroatoms. The molecule has 1 aliphatic heterocycles. The van der Waals surface area contributed by atoms with Crippen LogP contribution in [-0.4, -0.2) is 9.55 Å². The van der Waals surface area contributed by atoms with E-state index < -0.39 is 11.8 Å². The van der Waals surface area contributed by atoms with Crippen molar-refractivity contribution >= 4 is 76.1 Å². The van der Waals surface area contributed by atoms with Crippen molar-refractivity contribution in [3.8, 4) is 56.8 Å². The van der Waals surface area contributed by atoms with E-state index in [4.69, 9.17) is 9.72 Å². The minimum atomic E-state index is -1.78. The van der Waals surface area contributed by atoms with Crippen LogP contribution in [0.25, 0.3) is 81.2 Å². The normalized spacial score (nSPS) is 13.3. The SMILES string of the molecule is [2H]C([2H])(c1cc(-n2c3[c-]c(Oc4[c-]c(N5[CH-]N(c6c(-c7ccccc7)cc(C(C)(C)C)cc6-c6ccccc6)c6ccccc65)ccc4)ccc3c3c4sc5cccc(C#N)c5c4ccc32)ncc1-c1ccc(C(C)(C)C)cc1)C(C)(C)C.[Pt]. The van der Waals surface area contributed by atoms with Crippen molar-refractivity contribution < 1.29 is 28.5 Å². The summed E-state index contributed by atoms with van der Waals surface area (Å²) < 4.78 is 30.7. The average Bonchev–Trinajstić information content (AvgIpc) is 1.87. The van der Waals surface area contributed by atoms with Gasteiger partial charge in [-0.1, -0.05) is 177 Å². The third-order valence-corrected chi connectivity index (χ3v) is 16.5. The summed E-state index contributed by atoms with van der Waals surface area (Å²) in [5.74, 6) is 1.53. The molecule has 0 radical (unpaired) electrons. The molecule has 0 spiro atoms. The van der Waals surface area contributed by atoms with E-state index in [9.17, 15) is 8.00 Å². The summed E-state index contributed by atoms with van der Waals surface area (Å²) >= 11 is 1.67. The second-order valence-corrected chi connectivity index (χ2v) is 25.2. The molecule has 408 valence electrons. The molecule has 4 heterocycles. The zero-order valence-corrected chi connectivity index (χ0v) is 50.5. The first-order valence-electron chi connectivity index (χ1n) is 28.7. The summed E-state index contributed by atoms with van der Waals surface area (Å²) in [4.78, 5) is 9.74. The maximum Gasteiger partial charge on any atom is 0.135 e. The smallest absolute Gasteiger partial charge is 0.135 e. The van der Waals surface area contributed by atoms with Crippen LogP contribution in [0.1, 0.15) is 87.3 Å². The van der Waals surface area contributed by atoms with Gasteiger partial charge in [0.25, 0.3) is 0 Å². The predicted octanol–water partition coefficient (Wildman–Crippen LogP) is 20.4. The number of para-hydroxylation sites is 2. The van der Waals surface area contributed by atoms with Gasteiger partial charge in [-0.15, -0.1) is 59.4 Å². The van der Waals surface area contributed by atoms with E-state index in [0.29, 0.717) is 28.4 Å². The van der Waals surface area contributed by atoms with E-state index in [-0.39, 0.29) is 31.9 Å². The number of fused-ring (bicyclic) bond motifs is 8. The van der Waals surface area contributed by atoms with Crippen LogP contribution >= 0.6 is 11.3 Å². The molecule has 13 rings (SSSR count). The van der Waals surface area contributed by atoms with Crippen molar-refractivity contribution in [1.29, 1.82) is 5.26 Å². The molecular formula is C74H62N5OPtS-3. The summed E-state index contributed by atoms with van der Waals surface area (Å²) in [6.07, 6.45) is 0.0544. The van der Waals surface area contributed by atoms with Crippen molar-refractivity contribution in [2.45, 2.75) is 79.5 Å². The average molecular weight is 1270 g/mol. The second-order valence-electron chi connectivity index (χ2n) is 24.2. The number of anilines is 4. The molecule has 1 aliphatic rings. The van der Waals surface area contributed by atoms with Gasteiger partial charge >= 0.3 is 0 Å². The van der Waals surface area contributed by atoms with E-state index in [2.05, 4.69) is 232 Å². The Hall–Kier alpha value is -8.27. The first-order valence-corrected chi connectivity index (χ1v) is 28.5. The third-order valence-electron chi connectivity index (χ3n) is 15.3. The number of rotatable bonds is 9. The van der Waals surface area contributed by atoms with Crippen molar-refractivity contribution in [3.63, 3.8) is 0 Å². The van der Waals surface area contributed by atoms with E-state index >= 15 is 0 Å². The topological polar surface area (TPSA) is 57.3 Å². The van der Waals surface area contributed by atoms with Crippen LogP contribution < -0.4 is 14.5 Å². The molecular weight excluding hydrogens is 1200 g/mol. The molecule has 0 saturated heterocycles. The van der Waals surface area contributed by atoms with Crippen molar-refractivity contribution in [2.24, 2.45) is 5.41 Å². The first-order chi connectivity index (χ1) is 39.8. The van der Waals surface area contributed by atoms with Crippen molar-refractivity contribution in [1.82, 2.24) is 9.55 Å². The number of nitrogens with zero attached hydrogens (tertiary/aromatic N) is 5. The van der Waals surface area contributed by atoms with Crippen LogP contribution in [0, 0.1) is 35.5 Å². The zero-order valence-electron chi connectivity index (χ0n) is 49.4. The first kappa shape index (κ1) is 51.8. The van der Waals surface area contributed by atoms with E-state index in [1.807, 2.05) is 63.4 Å². The van der Waals surface area contributed by atoms with Crippen LogP contribution in [0.3, 0.4) is 0 Å². The quantitative estimate of drug-likeness (QED) is 0.135. The Morgan fingerprint density at radius 2 is 1.21 bits per heavy atom. The number of pyridine rings is 1. The van der Waals surface area contributed by atoms with Crippen LogP contribution in [0.15, 0.2) is 194 Å². The molecule has 0 atom stereocenters. The minimum Gasteiger partial charge on any atom is -0.509 e. The van der Waals surface area contributed by atoms with E-state index in [1.54, 1.807) is 11.3 Å². The van der Waals surface area contributed by atoms with Crippen LogP contribution in [-0.2, 0) is 38.3 Å². The Morgan fingerprint density at radius 3 is 1.85 bits per heavy atom. The Morgan fingerprint density at radius 1 is 0.598 bits per heavy atom. The van der Waals surface area contributed by atoms with Crippen LogP contribution in [0.4, 0.5) is 22.7 Å². The summed E-state index contributed by atoms with van der Waals surface area (Å²) in [6, 6.07) is 74.9. The second kappa shape index (κ2) is 20.9. The van der Waals surface area contributed by atoms with Crippen LogP contribution in [0.2, 0.25) is 0 Å². The number of hydrogen-bond donors (Lipinski definition) is 0. The number of benzene rings is 9. The summed E-state index contributed by atoms with van der Waals surface area (Å²) in [6.45, 7) is 21.4. The molecule has 0 aliphatic carbocycles. The van der Waals surface area contributed by atoms with E-state index in [0.717, 1.165) is 98.1 Å². The van der Waals surface area contributed by atoms with Gasteiger partial charge in [-0.3, -0.25) is 0 Å². The molecule has 6 nitrogen and oxygen atoms in total. The van der Waals surface area contributed by atoms with E-state index in [1.165, 1.54) is 11.1 Å². The van der Waals surface area contributed by atoms with Gasteiger partial charge in [-0.2, -0.15) is 17.4 Å². The van der Waals surface area contributed by atoms with Gasteiger partial charge in [0.05, 0.1) is 11.6 Å². The molecule has 82 heavy (non-hydrogen) atoms. The maximum atomic E-state index is 10.3. The molecule has 0 bridgehead atoms. The molecule has 0 fully saturated rings. The summed E-state index contributed by atoms with van der Waals surface area (Å²) in [7, 11) is 0. The molecule has 0 unspecified atom stereocenters. The fourth-order valence-corrected chi connectivity index (χ4v) is 12.7. The molecule has 3 aromatic heterocycles. The monoisotopic (exact) mass is 1270 g/mol. The number of nitriles is 1. The third kappa shape index (κ3) is 9.86. The fraction of sp³-hybridized carbons (Fsp3) is 0.176. The van der Waals surface area contributed by atoms with Gasteiger partial charge in [0, 0.05) is 101 Å². The summed E-state index contributed by atoms with van der Waals surface area (Å²) in [5, 5.41) is 14.2. The summed E-state index contributed by atoms with van der Waals surface area (Å²) in [5.41, 5.74) is 14.4. The largest absolute Gasteiger partial charge is 0.509 e. The van der Waals surface area contributed by atoms with Gasteiger partial charge in [0.1, 0.15) is 5.82 Å². The minimum absolute atomic E-state index is 0. The Kier molecular flexibility index (Phi) is 13.2. The van der Waals surface area contributed by atoms with Gasteiger partial charge in [0.2, 0.25) is 0 Å². The molecule has 9 aromatic carbocycles. The molecule has 0 saturated carbocycles. The number of aromatic nitrogens is 2. The van der Waals surface area contributed by atoms with Gasteiger partial charge in [-0.25, -0.2) is 4.98 Å². The Bertz CT molecular complexity index is 4500. The fourth-order valence-electron chi connectivity index (χ4n) is 11.4. The Balaban J connectivity index is 0.00000694. The molecule has 0 amide bonds. The molecule has 0 N–H and O–H groups in total. The Labute approximate surface area is 503 Å². The number of thiophene rings is 1. The zero-order chi connectivity index (χ0) is 57.7. The number of hydrogen-bond acceptors (Lipinski definition) is 6. The maximum absolute atomic E-state index is 10.3. The van der Waals surface area contributed by atoms with Crippen molar-refractivity contribution in [3.05, 3.63) is 235 Å². The van der Waals surface area contributed by atoms with Gasteiger partial charge in [0.15, 0.2) is 0 Å². The standard InChI is InChI=1S/C74H62N5OS.Pt/c1-72(2,3)43-51-38-67(76-45-61(51)49-30-32-52(33-31-49)73(4,5)6)79-64-37-36-58-68-50(44-75)24-18-29-66(68)81-71(58)69(64)57-35-34-56(42-65(57)79)80-55-26-19-25-54(41-55)77-46-78(63-28-17-16-27-62(63)77)70-59(47-20-12-10-13-21-47)39-53(74(7,8)9)40-60(70)48-22-14-11-15-23-48;/h10-40,45-46H,43H2,1-9H3;/q-3;/i43D2;. The number of ether oxygens (including phenoxy) is 1.